The van der Waals surface area contributed by atoms with Crippen molar-refractivity contribution in [3.63, 3.8) is 0 Å². The zero-order chi connectivity index (χ0) is 12.3. The van der Waals surface area contributed by atoms with Gasteiger partial charge < -0.3 is 5.32 Å². The van der Waals surface area contributed by atoms with Gasteiger partial charge >= 0.3 is 0 Å². The zero-order valence-corrected chi connectivity index (χ0v) is 10.8. The first-order valence-corrected chi connectivity index (χ1v) is 6.44. The minimum atomic E-state index is 0.780. The molecule has 1 aromatic carbocycles. The second-order valence-electron chi connectivity index (χ2n) is 4.60. The van der Waals surface area contributed by atoms with E-state index in [9.17, 15) is 0 Å². The Labute approximate surface area is 104 Å². The summed E-state index contributed by atoms with van der Waals surface area (Å²) in [5.41, 5.74) is 5.29. The van der Waals surface area contributed by atoms with E-state index in [1.54, 1.807) is 0 Å². The molecule has 1 aromatic rings. The van der Waals surface area contributed by atoms with E-state index < -0.39 is 0 Å². The van der Waals surface area contributed by atoms with Crippen LogP contribution < -0.4 is 5.32 Å². The molecule has 0 unspecified atom stereocenters. The molecule has 0 saturated heterocycles. The summed E-state index contributed by atoms with van der Waals surface area (Å²) in [5.74, 6) is 0.780. The van der Waals surface area contributed by atoms with Crippen LogP contribution in [0.1, 0.15) is 37.3 Å². The largest absolute Gasteiger partial charge is 0.388 e. The first-order chi connectivity index (χ1) is 8.30. The molecule has 1 fully saturated rings. The Morgan fingerprint density at radius 2 is 2.24 bits per heavy atom. The average Bonchev–Trinajstić information content (AvgIpc) is 3.19. The molecule has 1 aliphatic carbocycles. The Morgan fingerprint density at radius 3 is 2.76 bits per heavy atom. The molecule has 0 aliphatic heterocycles. The van der Waals surface area contributed by atoms with E-state index in [2.05, 4.69) is 43.1 Å². The molecule has 0 aromatic heterocycles. The van der Waals surface area contributed by atoms with Crippen LogP contribution in [-0.4, -0.2) is 7.05 Å². The number of hydrogen-bond acceptors (Lipinski definition) is 1. The lowest BCUT2D eigenvalue weighted by molar-refractivity contribution is 1.11. The number of anilines is 1. The Morgan fingerprint density at radius 1 is 1.47 bits per heavy atom. The van der Waals surface area contributed by atoms with Crippen LogP contribution >= 0.6 is 0 Å². The predicted molar refractivity (Wildman–Crippen MR) is 77.1 cm³/mol. The van der Waals surface area contributed by atoms with Gasteiger partial charge in [0.1, 0.15) is 0 Å². The molecular weight excluding hydrogens is 206 g/mol. The highest BCUT2D eigenvalue weighted by atomic mass is 14.8. The molecule has 1 heteroatoms. The van der Waals surface area contributed by atoms with Crippen molar-refractivity contribution in [1.82, 2.24) is 0 Å². The third-order valence-corrected chi connectivity index (χ3v) is 3.30. The fourth-order valence-electron chi connectivity index (χ4n) is 2.26. The second-order valence-corrected chi connectivity index (χ2v) is 4.60. The quantitative estimate of drug-likeness (QED) is 0.776. The fourth-order valence-corrected chi connectivity index (χ4v) is 2.26. The van der Waals surface area contributed by atoms with Gasteiger partial charge in [-0.05, 0) is 48.4 Å². The minimum Gasteiger partial charge on any atom is -0.388 e. The summed E-state index contributed by atoms with van der Waals surface area (Å²) < 4.78 is 0. The molecule has 90 valence electrons. The van der Waals surface area contributed by atoms with Crippen molar-refractivity contribution < 1.29 is 0 Å². The fraction of sp³-hybridized carbons (Fsp3) is 0.375. The highest BCUT2D eigenvalue weighted by Crippen LogP contribution is 2.44. The number of benzene rings is 1. The number of rotatable bonds is 5. The lowest BCUT2D eigenvalue weighted by Gasteiger charge is -2.13. The number of hydrogen-bond donors (Lipinski definition) is 1. The smallest absolute Gasteiger partial charge is 0.0414 e. The molecule has 0 bridgehead atoms. The molecule has 0 spiro atoms. The van der Waals surface area contributed by atoms with E-state index >= 15 is 0 Å². The van der Waals surface area contributed by atoms with E-state index in [4.69, 9.17) is 0 Å². The molecule has 17 heavy (non-hydrogen) atoms. The lowest BCUT2D eigenvalue weighted by atomic mass is 9.96. The Balaban J connectivity index is 2.45. The van der Waals surface area contributed by atoms with Crippen LogP contribution in [0.2, 0.25) is 0 Å². The van der Waals surface area contributed by atoms with Gasteiger partial charge in [-0.3, -0.25) is 0 Å². The number of allylic oxidation sites excluding steroid dienone is 2. The molecule has 0 amide bonds. The molecule has 1 N–H and O–H groups in total. The summed E-state index contributed by atoms with van der Waals surface area (Å²) >= 11 is 0. The summed E-state index contributed by atoms with van der Waals surface area (Å²) in [5, 5.41) is 3.29. The van der Waals surface area contributed by atoms with E-state index in [0.717, 1.165) is 12.3 Å². The Hall–Kier alpha value is -1.50. The first kappa shape index (κ1) is 12.0. The summed E-state index contributed by atoms with van der Waals surface area (Å²) in [6.07, 6.45) is 8.08. The van der Waals surface area contributed by atoms with Crippen molar-refractivity contribution in [1.29, 1.82) is 0 Å². The maximum absolute atomic E-state index is 3.85. The zero-order valence-electron chi connectivity index (χ0n) is 10.8. The highest BCUT2D eigenvalue weighted by Gasteiger charge is 2.27. The highest BCUT2D eigenvalue weighted by molar-refractivity contribution is 5.80. The van der Waals surface area contributed by atoms with Crippen LogP contribution in [0.3, 0.4) is 0 Å². The Kier molecular flexibility index (Phi) is 3.68. The van der Waals surface area contributed by atoms with Gasteiger partial charge in [-0.2, -0.15) is 0 Å². The summed E-state index contributed by atoms with van der Waals surface area (Å²) in [6, 6.07) is 6.51. The van der Waals surface area contributed by atoms with Gasteiger partial charge in [0.25, 0.3) is 0 Å². The van der Waals surface area contributed by atoms with Crippen LogP contribution in [0.4, 0.5) is 5.69 Å². The van der Waals surface area contributed by atoms with Crippen LogP contribution in [0.5, 0.6) is 0 Å². The van der Waals surface area contributed by atoms with Crippen molar-refractivity contribution >= 4 is 17.3 Å². The van der Waals surface area contributed by atoms with Gasteiger partial charge in [0.05, 0.1) is 0 Å². The maximum Gasteiger partial charge on any atom is 0.0414 e. The topological polar surface area (TPSA) is 12.0 Å². The molecular formula is C16H21N. The molecule has 1 nitrogen and oxygen atoms in total. The Bertz CT molecular complexity index is 439. The van der Waals surface area contributed by atoms with Crippen molar-refractivity contribution in [2.45, 2.75) is 26.2 Å². The van der Waals surface area contributed by atoms with E-state index in [-0.39, 0.29) is 0 Å². The van der Waals surface area contributed by atoms with Crippen molar-refractivity contribution in [3.05, 3.63) is 42.0 Å². The summed E-state index contributed by atoms with van der Waals surface area (Å²) in [4.78, 5) is 0. The standard InChI is InChI=1S/C16H21N/c1-4-6-14(13-8-9-13)15-11-12(5-2)7-10-16(15)17-3/h5-7,10-11,13,17H,2,4,8-9H2,1,3H3/b14-6-. The van der Waals surface area contributed by atoms with E-state index in [0.29, 0.717) is 0 Å². The summed E-state index contributed by atoms with van der Waals surface area (Å²) in [7, 11) is 1.99. The van der Waals surface area contributed by atoms with Gasteiger partial charge in [-0.25, -0.2) is 0 Å². The second kappa shape index (κ2) is 5.22. The van der Waals surface area contributed by atoms with Crippen LogP contribution in [0.25, 0.3) is 11.6 Å². The monoisotopic (exact) mass is 227 g/mol. The van der Waals surface area contributed by atoms with Crippen molar-refractivity contribution in [3.8, 4) is 0 Å². The normalized spacial score (nSPS) is 15.8. The van der Waals surface area contributed by atoms with Gasteiger partial charge in [-0.15, -0.1) is 0 Å². The molecule has 0 heterocycles. The summed E-state index contributed by atoms with van der Waals surface area (Å²) in [6.45, 7) is 6.06. The van der Waals surface area contributed by atoms with Gasteiger partial charge in [0, 0.05) is 18.3 Å². The molecule has 0 atom stereocenters. The third-order valence-electron chi connectivity index (χ3n) is 3.30. The SMILES string of the molecule is C=Cc1ccc(NC)c(/C(=C\CC)C2CC2)c1. The number of nitrogens with one attached hydrogen (secondary N) is 1. The molecule has 1 saturated carbocycles. The van der Waals surface area contributed by atoms with Crippen molar-refractivity contribution in [2.75, 3.05) is 12.4 Å². The molecule has 1 aliphatic rings. The third kappa shape index (κ3) is 2.60. The van der Waals surface area contributed by atoms with Gasteiger partial charge in [-0.1, -0.05) is 31.7 Å². The maximum atomic E-state index is 3.85. The average molecular weight is 227 g/mol. The predicted octanol–water partition coefficient (Wildman–Crippen LogP) is 4.57. The van der Waals surface area contributed by atoms with Crippen LogP contribution in [0.15, 0.2) is 30.9 Å². The van der Waals surface area contributed by atoms with Crippen LogP contribution in [-0.2, 0) is 0 Å². The molecule has 2 rings (SSSR count). The molecule has 0 radical (unpaired) electrons. The van der Waals surface area contributed by atoms with Gasteiger partial charge in [0.2, 0.25) is 0 Å². The van der Waals surface area contributed by atoms with Gasteiger partial charge in [0.15, 0.2) is 0 Å². The first-order valence-electron chi connectivity index (χ1n) is 6.44. The van der Waals surface area contributed by atoms with Crippen LogP contribution in [0, 0.1) is 5.92 Å². The van der Waals surface area contributed by atoms with E-state index in [1.165, 1.54) is 35.2 Å². The minimum absolute atomic E-state index is 0.780. The lowest BCUT2D eigenvalue weighted by Crippen LogP contribution is -1.97. The van der Waals surface area contributed by atoms with Crippen molar-refractivity contribution in [2.24, 2.45) is 5.92 Å². The van der Waals surface area contributed by atoms with E-state index in [1.807, 2.05) is 13.1 Å².